The molecule has 0 fully saturated rings. The van der Waals surface area contributed by atoms with Gasteiger partial charge in [0, 0.05) is 32.6 Å². The number of imidazole rings is 1. The Labute approximate surface area is 197 Å². The molecule has 11 heteroatoms. The third-order valence-electron chi connectivity index (χ3n) is 5.24. The van der Waals surface area contributed by atoms with Crippen LogP contribution in [0.5, 0.6) is 11.8 Å². The largest absolute Gasteiger partial charge is 0.463 e. The number of H-pyrrole nitrogens is 1. The predicted molar refractivity (Wildman–Crippen MR) is 128 cm³/mol. The van der Waals surface area contributed by atoms with Crippen molar-refractivity contribution in [2.45, 2.75) is 46.2 Å². The highest BCUT2D eigenvalue weighted by Crippen LogP contribution is 2.19. The molecule has 0 unspecified atom stereocenters. The highest BCUT2D eigenvalue weighted by atomic mass is 16.5. The van der Waals surface area contributed by atoms with Crippen molar-refractivity contribution in [3.63, 3.8) is 0 Å². The summed E-state index contributed by atoms with van der Waals surface area (Å²) in [6, 6.07) is 7.39. The number of rotatable bonds is 13. The van der Waals surface area contributed by atoms with Crippen molar-refractivity contribution in [2.24, 2.45) is 0 Å². The van der Waals surface area contributed by atoms with Gasteiger partial charge in [-0.2, -0.15) is 9.97 Å². The van der Waals surface area contributed by atoms with Gasteiger partial charge in [-0.15, -0.1) is 0 Å². The van der Waals surface area contributed by atoms with Crippen molar-refractivity contribution < 1.29 is 19.4 Å². The Bertz CT molecular complexity index is 1160. The SMILES string of the molecule is CCCCOc1nc(N)c2[nH]c(=O)n(CCN(CCO)Cc3cccc(OC(=O)CC)c3)c2n1. The quantitative estimate of drug-likeness (QED) is 0.192. The molecular formula is C23H32N6O5. The molecule has 0 amide bonds. The minimum atomic E-state index is -0.348. The summed E-state index contributed by atoms with van der Waals surface area (Å²) < 4.78 is 12.4. The van der Waals surface area contributed by atoms with E-state index >= 15 is 0 Å². The number of nitrogens with two attached hydrogens (primary N) is 1. The minimum absolute atomic E-state index is 0.0438. The number of aromatic amines is 1. The van der Waals surface area contributed by atoms with E-state index in [0.29, 0.717) is 56.1 Å². The summed E-state index contributed by atoms with van der Waals surface area (Å²) in [5.74, 6) is 0.323. The van der Waals surface area contributed by atoms with Crippen molar-refractivity contribution in [3.05, 3.63) is 40.3 Å². The van der Waals surface area contributed by atoms with Gasteiger partial charge >= 0.3 is 17.7 Å². The number of nitrogens with one attached hydrogen (secondary N) is 1. The number of hydrogen-bond donors (Lipinski definition) is 3. The normalized spacial score (nSPS) is 11.3. The highest BCUT2D eigenvalue weighted by Gasteiger charge is 2.16. The number of unbranched alkanes of at least 4 members (excludes halogenated alkanes) is 1. The molecule has 1 aromatic carbocycles. The third-order valence-corrected chi connectivity index (χ3v) is 5.24. The number of nitrogens with zero attached hydrogens (tertiary/aromatic N) is 4. The highest BCUT2D eigenvalue weighted by molar-refractivity contribution is 5.81. The Morgan fingerprint density at radius 2 is 2.09 bits per heavy atom. The van der Waals surface area contributed by atoms with Crippen LogP contribution in [0.15, 0.2) is 29.1 Å². The van der Waals surface area contributed by atoms with E-state index in [9.17, 15) is 14.7 Å². The second-order valence-electron chi connectivity index (χ2n) is 7.85. The molecule has 34 heavy (non-hydrogen) atoms. The lowest BCUT2D eigenvalue weighted by molar-refractivity contribution is -0.134. The van der Waals surface area contributed by atoms with E-state index < -0.39 is 0 Å². The fourth-order valence-corrected chi connectivity index (χ4v) is 3.43. The van der Waals surface area contributed by atoms with Crippen LogP contribution in [0, 0.1) is 0 Å². The zero-order valence-corrected chi connectivity index (χ0v) is 19.6. The fourth-order valence-electron chi connectivity index (χ4n) is 3.43. The third kappa shape index (κ3) is 6.55. The number of esters is 1. The maximum Gasteiger partial charge on any atom is 0.327 e. The molecule has 4 N–H and O–H groups in total. The van der Waals surface area contributed by atoms with Crippen LogP contribution in [0.3, 0.4) is 0 Å². The lowest BCUT2D eigenvalue weighted by Crippen LogP contribution is -2.32. The summed E-state index contributed by atoms with van der Waals surface area (Å²) in [5, 5.41) is 9.54. The number of anilines is 1. The first-order chi connectivity index (χ1) is 16.4. The molecule has 3 aromatic rings. The predicted octanol–water partition coefficient (Wildman–Crippen LogP) is 1.69. The van der Waals surface area contributed by atoms with Crippen molar-refractivity contribution in [1.29, 1.82) is 0 Å². The number of ether oxygens (including phenoxy) is 2. The van der Waals surface area contributed by atoms with Gasteiger partial charge in [0.2, 0.25) is 0 Å². The summed E-state index contributed by atoms with van der Waals surface area (Å²) in [7, 11) is 0. The summed E-state index contributed by atoms with van der Waals surface area (Å²) in [5.41, 5.74) is 7.33. The van der Waals surface area contributed by atoms with Gasteiger partial charge in [0.15, 0.2) is 11.5 Å². The topological polar surface area (TPSA) is 149 Å². The number of fused-ring (bicyclic) bond motifs is 1. The van der Waals surface area contributed by atoms with Crippen LogP contribution in [-0.2, 0) is 17.9 Å². The first-order valence-corrected chi connectivity index (χ1v) is 11.5. The van der Waals surface area contributed by atoms with E-state index in [1.165, 1.54) is 4.57 Å². The molecular weight excluding hydrogens is 440 g/mol. The maximum atomic E-state index is 12.6. The lowest BCUT2D eigenvalue weighted by atomic mass is 10.2. The summed E-state index contributed by atoms with van der Waals surface area (Å²) in [4.78, 5) is 37.4. The zero-order valence-electron chi connectivity index (χ0n) is 19.6. The number of carbonyl (C=O) groups is 1. The van der Waals surface area contributed by atoms with Crippen molar-refractivity contribution in [2.75, 3.05) is 32.0 Å². The monoisotopic (exact) mass is 472 g/mol. The van der Waals surface area contributed by atoms with Crippen molar-refractivity contribution in [3.8, 4) is 11.8 Å². The van der Waals surface area contributed by atoms with E-state index in [4.69, 9.17) is 15.2 Å². The summed E-state index contributed by atoms with van der Waals surface area (Å²) >= 11 is 0. The van der Waals surface area contributed by atoms with E-state index in [1.807, 2.05) is 17.0 Å². The van der Waals surface area contributed by atoms with E-state index in [1.54, 1.807) is 19.1 Å². The molecule has 2 aromatic heterocycles. The van der Waals surface area contributed by atoms with Crippen LogP contribution < -0.4 is 20.9 Å². The molecule has 0 saturated heterocycles. The molecule has 0 atom stereocenters. The summed E-state index contributed by atoms with van der Waals surface area (Å²) in [6.07, 6.45) is 2.12. The Kier molecular flexibility index (Phi) is 9.00. The smallest absolute Gasteiger partial charge is 0.327 e. The molecule has 184 valence electrons. The molecule has 3 rings (SSSR count). The Balaban J connectivity index is 1.75. The van der Waals surface area contributed by atoms with Crippen LogP contribution in [0.2, 0.25) is 0 Å². The fraction of sp³-hybridized carbons (Fsp3) is 0.478. The summed E-state index contributed by atoms with van der Waals surface area (Å²) in [6.45, 7) is 5.88. The molecule has 0 bridgehead atoms. The standard InChI is InChI=1S/C23H32N6O5/c1-3-5-13-33-22-26-20(24)19-21(27-22)29(23(32)25-19)10-9-28(11-12-30)15-16-7-6-8-17(14-16)34-18(31)4-2/h6-8,14,30H,3-5,9-13,15H2,1-2H3,(H,25,32)(H2,24,26,27). The molecule has 0 radical (unpaired) electrons. The Hall–Kier alpha value is -3.44. The van der Waals surface area contributed by atoms with Crippen LogP contribution >= 0.6 is 0 Å². The number of nitrogen functional groups attached to an aromatic ring is 1. The first kappa shape index (κ1) is 25.2. The molecule has 0 aliphatic carbocycles. The van der Waals surface area contributed by atoms with Crippen molar-refractivity contribution in [1.82, 2.24) is 24.4 Å². The zero-order chi connectivity index (χ0) is 24.5. The second kappa shape index (κ2) is 12.1. The number of aliphatic hydroxyl groups excluding tert-OH is 1. The van der Waals surface area contributed by atoms with Gasteiger partial charge in [0.05, 0.1) is 13.2 Å². The van der Waals surface area contributed by atoms with E-state index in [2.05, 4.69) is 21.9 Å². The number of aliphatic hydroxyl groups is 1. The molecule has 0 spiro atoms. The van der Waals surface area contributed by atoms with Gasteiger partial charge in [-0.3, -0.25) is 14.3 Å². The van der Waals surface area contributed by atoms with Gasteiger partial charge in [-0.1, -0.05) is 32.4 Å². The number of hydrogen-bond acceptors (Lipinski definition) is 9. The van der Waals surface area contributed by atoms with Crippen LogP contribution in [0.25, 0.3) is 11.2 Å². The van der Waals surface area contributed by atoms with E-state index in [-0.39, 0.29) is 30.1 Å². The lowest BCUT2D eigenvalue weighted by Gasteiger charge is -2.21. The minimum Gasteiger partial charge on any atom is -0.463 e. The number of aromatic nitrogens is 4. The maximum absolute atomic E-state index is 12.6. The number of carbonyl (C=O) groups excluding carboxylic acids is 1. The van der Waals surface area contributed by atoms with Gasteiger partial charge < -0.3 is 25.3 Å². The van der Waals surface area contributed by atoms with Crippen LogP contribution in [0.1, 0.15) is 38.7 Å². The molecule has 0 aliphatic rings. The van der Waals surface area contributed by atoms with Gasteiger partial charge in [-0.25, -0.2) is 4.79 Å². The van der Waals surface area contributed by atoms with Crippen LogP contribution in [-0.4, -0.2) is 61.8 Å². The molecule has 11 nitrogen and oxygen atoms in total. The van der Waals surface area contributed by atoms with Gasteiger partial charge in [0.25, 0.3) is 0 Å². The first-order valence-electron chi connectivity index (χ1n) is 11.5. The number of benzene rings is 1. The Morgan fingerprint density at radius 3 is 2.82 bits per heavy atom. The molecule has 2 heterocycles. The van der Waals surface area contributed by atoms with Crippen molar-refractivity contribution >= 4 is 23.0 Å². The Morgan fingerprint density at radius 1 is 1.26 bits per heavy atom. The second-order valence-corrected chi connectivity index (χ2v) is 7.85. The van der Waals surface area contributed by atoms with Gasteiger partial charge in [-0.05, 0) is 24.1 Å². The van der Waals surface area contributed by atoms with Gasteiger partial charge in [0.1, 0.15) is 11.3 Å². The average molecular weight is 473 g/mol. The van der Waals surface area contributed by atoms with Crippen LogP contribution in [0.4, 0.5) is 5.82 Å². The molecule has 0 aliphatic heterocycles. The molecule has 0 saturated carbocycles. The van der Waals surface area contributed by atoms with E-state index in [0.717, 1.165) is 18.4 Å². The average Bonchev–Trinajstić information content (AvgIpc) is 3.13.